The number of para-hydroxylation sites is 1. The molecule has 4 aromatic rings. The summed E-state index contributed by atoms with van der Waals surface area (Å²) in [6, 6.07) is 18.8. The number of methoxy groups -OCH3 is 1. The first kappa shape index (κ1) is 28.5. The molecule has 212 valence electrons. The number of non-ortho nitro benzene ring substituents is 1. The largest absolute Gasteiger partial charge is 0.493 e. The molecule has 5 rings (SSSR count). The molecule has 1 aliphatic heterocycles. The number of carbonyl (C=O) groups excluding carboxylic acids is 2. The van der Waals surface area contributed by atoms with Crippen molar-refractivity contribution in [3.8, 4) is 17.2 Å². The quantitative estimate of drug-likeness (QED) is 0.0715. The topological polar surface area (TPSA) is 126 Å². The Bertz CT molecular complexity index is 1840. The van der Waals surface area contributed by atoms with E-state index < -0.39 is 16.8 Å². The van der Waals surface area contributed by atoms with Gasteiger partial charge in [0.2, 0.25) is 0 Å². The van der Waals surface area contributed by atoms with Crippen molar-refractivity contribution in [1.29, 1.82) is 0 Å². The van der Waals surface area contributed by atoms with E-state index in [1.807, 2.05) is 18.2 Å². The SMILES string of the molecule is COc1cc(C=C2SC(=S)N(c3c(C)n(C)n(-c4ccccc4)c3=O)C2=O)ccc1OC(=O)c1ccc([N+](=O)[O-])cc1. The van der Waals surface area contributed by atoms with Crippen LogP contribution in [0.3, 0.4) is 0 Å². The highest BCUT2D eigenvalue weighted by atomic mass is 32.2. The highest BCUT2D eigenvalue weighted by Gasteiger charge is 2.37. The molecule has 3 aromatic carbocycles. The van der Waals surface area contributed by atoms with Gasteiger partial charge in [0.1, 0.15) is 5.69 Å². The second-order valence-corrected chi connectivity index (χ2v) is 10.7. The van der Waals surface area contributed by atoms with Crippen LogP contribution in [0.25, 0.3) is 11.8 Å². The summed E-state index contributed by atoms with van der Waals surface area (Å²) in [6.07, 6.45) is 1.61. The number of thiocarbonyl (C=S) groups is 1. The molecule has 0 spiro atoms. The fourth-order valence-corrected chi connectivity index (χ4v) is 5.63. The molecule has 13 heteroatoms. The van der Waals surface area contributed by atoms with Gasteiger partial charge in [0.15, 0.2) is 15.8 Å². The Morgan fingerprint density at radius 3 is 2.36 bits per heavy atom. The number of nitrogens with zero attached hydrogens (tertiary/aromatic N) is 4. The van der Waals surface area contributed by atoms with Crippen LogP contribution < -0.4 is 19.9 Å². The summed E-state index contributed by atoms with van der Waals surface area (Å²) in [5.41, 5.74) is 1.57. The van der Waals surface area contributed by atoms with Gasteiger partial charge in [0, 0.05) is 19.2 Å². The van der Waals surface area contributed by atoms with Crippen molar-refractivity contribution in [2.45, 2.75) is 6.92 Å². The Labute approximate surface area is 248 Å². The van der Waals surface area contributed by atoms with Crippen LogP contribution in [0.2, 0.25) is 0 Å². The predicted molar refractivity (Wildman–Crippen MR) is 162 cm³/mol. The normalized spacial score (nSPS) is 14.0. The fraction of sp³-hybridized carbons (Fsp3) is 0.103. The number of hydrogen-bond acceptors (Lipinski definition) is 9. The van der Waals surface area contributed by atoms with Crippen molar-refractivity contribution in [2.24, 2.45) is 7.05 Å². The molecule has 1 amide bonds. The molecule has 0 unspecified atom stereocenters. The van der Waals surface area contributed by atoms with Gasteiger partial charge in [-0.1, -0.05) is 48.2 Å². The van der Waals surface area contributed by atoms with Gasteiger partial charge < -0.3 is 9.47 Å². The summed E-state index contributed by atoms with van der Waals surface area (Å²) in [5, 5.41) is 10.9. The van der Waals surface area contributed by atoms with Crippen molar-refractivity contribution in [1.82, 2.24) is 9.36 Å². The van der Waals surface area contributed by atoms with E-state index in [-0.39, 0.29) is 38.3 Å². The van der Waals surface area contributed by atoms with Crippen molar-refractivity contribution < 1.29 is 24.0 Å². The number of thioether (sulfide) groups is 1. The van der Waals surface area contributed by atoms with Gasteiger partial charge in [-0.15, -0.1) is 0 Å². The van der Waals surface area contributed by atoms with E-state index in [4.69, 9.17) is 21.7 Å². The van der Waals surface area contributed by atoms with Gasteiger partial charge >= 0.3 is 5.97 Å². The number of aromatic nitrogens is 2. The van der Waals surface area contributed by atoms with E-state index in [0.717, 1.165) is 11.8 Å². The molecule has 0 atom stereocenters. The number of carbonyl (C=O) groups is 2. The Kier molecular flexibility index (Phi) is 7.79. The first-order valence-corrected chi connectivity index (χ1v) is 13.6. The highest BCUT2D eigenvalue weighted by Crippen LogP contribution is 2.37. The van der Waals surface area contributed by atoms with E-state index in [0.29, 0.717) is 21.8 Å². The minimum Gasteiger partial charge on any atom is -0.493 e. The molecule has 2 heterocycles. The van der Waals surface area contributed by atoms with Crippen molar-refractivity contribution in [3.05, 3.63) is 115 Å². The number of hydrogen-bond donors (Lipinski definition) is 0. The number of nitro benzene ring substituents is 1. The third kappa shape index (κ3) is 5.22. The average molecular weight is 603 g/mol. The van der Waals surface area contributed by atoms with Crippen LogP contribution in [0, 0.1) is 17.0 Å². The smallest absolute Gasteiger partial charge is 0.343 e. The second-order valence-electron chi connectivity index (χ2n) is 9.03. The standard InChI is InChI=1S/C29H22N4O7S2/c1-17-25(27(35)32(30(17)2)20-7-5-4-6-8-20)31-26(34)24(42-29(31)41)16-18-9-14-22(23(15-18)39-3)40-28(36)19-10-12-21(13-11-19)33(37)38/h4-16H,1-3H3. The lowest BCUT2D eigenvalue weighted by Gasteiger charge is -2.12. The molecule has 0 aliphatic carbocycles. The molecule has 0 radical (unpaired) electrons. The maximum Gasteiger partial charge on any atom is 0.343 e. The third-order valence-corrected chi connectivity index (χ3v) is 7.85. The molecule has 42 heavy (non-hydrogen) atoms. The van der Waals surface area contributed by atoms with Crippen LogP contribution in [0.15, 0.2) is 82.5 Å². The lowest BCUT2D eigenvalue weighted by Crippen LogP contribution is -2.33. The van der Waals surface area contributed by atoms with Crippen LogP contribution in [0.1, 0.15) is 21.6 Å². The molecule has 0 N–H and O–H groups in total. The summed E-state index contributed by atoms with van der Waals surface area (Å²) in [5.74, 6) is -0.828. The Morgan fingerprint density at radius 1 is 1.02 bits per heavy atom. The average Bonchev–Trinajstić information content (AvgIpc) is 3.38. The molecule has 1 aliphatic rings. The van der Waals surface area contributed by atoms with Gasteiger partial charge in [-0.25, -0.2) is 9.48 Å². The second kappa shape index (κ2) is 11.5. The molecule has 0 saturated carbocycles. The maximum absolute atomic E-state index is 13.5. The van der Waals surface area contributed by atoms with E-state index >= 15 is 0 Å². The Morgan fingerprint density at radius 2 is 1.71 bits per heavy atom. The first-order chi connectivity index (χ1) is 20.1. The minimum atomic E-state index is -0.726. The van der Waals surface area contributed by atoms with E-state index in [1.54, 1.807) is 49.0 Å². The minimum absolute atomic E-state index is 0.118. The zero-order chi connectivity index (χ0) is 30.1. The van der Waals surface area contributed by atoms with E-state index in [1.165, 1.54) is 47.0 Å². The van der Waals surface area contributed by atoms with Crippen LogP contribution >= 0.6 is 24.0 Å². The van der Waals surface area contributed by atoms with Crippen LogP contribution in [-0.2, 0) is 11.8 Å². The number of esters is 1. The zero-order valence-corrected chi connectivity index (χ0v) is 24.1. The molecular weight excluding hydrogens is 580 g/mol. The van der Waals surface area contributed by atoms with Crippen LogP contribution in [0.4, 0.5) is 11.4 Å². The monoisotopic (exact) mass is 602 g/mol. The van der Waals surface area contributed by atoms with Crippen molar-refractivity contribution in [3.63, 3.8) is 0 Å². The third-order valence-electron chi connectivity index (χ3n) is 6.54. The summed E-state index contributed by atoms with van der Waals surface area (Å²) in [4.78, 5) is 51.4. The van der Waals surface area contributed by atoms with Gasteiger partial charge in [0.05, 0.1) is 33.9 Å². The molecular formula is C29H22N4O7S2. The Hall–Kier alpha value is -5.01. The first-order valence-electron chi connectivity index (χ1n) is 12.4. The molecule has 11 nitrogen and oxygen atoms in total. The van der Waals surface area contributed by atoms with E-state index in [9.17, 15) is 24.5 Å². The van der Waals surface area contributed by atoms with Crippen LogP contribution in [0.5, 0.6) is 11.5 Å². The predicted octanol–water partition coefficient (Wildman–Crippen LogP) is 5.03. The molecule has 0 bridgehead atoms. The molecule has 1 saturated heterocycles. The number of benzene rings is 3. The van der Waals surface area contributed by atoms with Crippen molar-refractivity contribution in [2.75, 3.05) is 12.0 Å². The van der Waals surface area contributed by atoms with Gasteiger partial charge in [0.25, 0.3) is 17.2 Å². The molecule has 1 aromatic heterocycles. The summed E-state index contributed by atoms with van der Waals surface area (Å²) < 4.78 is 14.2. The van der Waals surface area contributed by atoms with Gasteiger partial charge in [-0.2, -0.15) is 0 Å². The summed E-state index contributed by atoms with van der Waals surface area (Å²) in [6.45, 7) is 1.75. The number of amides is 1. The Balaban J connectivity index is 1.40. The molecule has 1 fully saturated rings. The maximum atomic E-state index is 13.5. The van der Waals surface area contributed by atoms with E-state index in [2.05, 4.69) is 0 Å². The number of rotatable bonds is 7. The van der Waals surface area contributed by atoms with Gasteiger partial charge in [-0.3, -0.25) is 29.3 Å². The lowest BCUT2D eigenvalue weighted by atomic mass is 10.1. The van der Waals surface area contributed by atoms with Gasteiger partial charge in [-0.05, 0) is 55.0 Å². The summed E-state index contributed by atoms with van der Waals surface area (Å²) >= 11 is 6.58. The number of nitro groups is 1. The van der Waals surface area contributed by atoms with Crippen LogP contribution in [-0.4, -0.2) is 37.6 Å². The number of ether oxygens (including phenoxy) is 2. The zero-order valence-electron chi connectivity index (χ0n) is 22.5. The highest BCUT2D eigenvalue weighted by molar-refractivity contribution is 8.27. The lowest BCUT2D eigenvalue weighted by molar-refractivity contribution is -0.384. The van der Waals surface area contributed by atoms with Crippen molar-refractivity contribution >= 4 is 57.6 Å². The number of anilines is 1. The summed E-state index contributed by atoms with van der Waals surface area (Å²) in [7, 11) is 3.14. The fourth-order valence-electron chi connectivity index (χ4n) is 4.36.